The van der Waals surface area contributed by atoms with E-state index >= 15 is 0 Å². The molecule has 0 aliphatic carbocycles. The number of allylic oxidation sites excluding steroid dienone is 1. The van der Waals surface area contributed by atoms with Gasteiger partial charge in [0, 0.05) is 12.3 Å². The van der Waals surface area contributed by atoms with Gasteiger partial charge in [-0.2, -0.15) is 0 Å². The van der Waals surface area contributed by atoms with E-state index in [9.17, 15) is 9.18 Å². The van der Waals surface area contributed by atoms with E-state index in [4.69, 9.17) is 0 Å². The van der Waals surface area contributed by atoms with Gasteiger partial charge in [-0.25, -0.2) is 4.39 Å². The third-order valence-electron chi connectivity index (χ3n) is 4.10. The average molecular weight is 366 g/mol. The fraction of sp³-hybridized carbons (Fsp3) is 0.105. The lowest BCUT2D eigenvalue weighted by Crippen LogP contribution is -2.22. The van der Waals surface area contributed by atoms with Gasteiger partial charge < -0.3 is 0 Å². The Labute approximate surface area is 152 Å². The summed E-state index contributed by atoms with van der Waals surface area (Å²) in [5, 5.41) is 9.62. The third kappa shape index (κ3) is 2.70. The van der Waals surface area contributed by atoms with Crippen molar-refractivity contribution in [2.75, 3.05) is 0 Å². The summed E-state index contributed by atoms with van der Waals surface area (Å²) < 4.78 is 17.3. The number of rotatable bonds is 5. The number of fused-ring (bicyclic) bond motifs is 3. The van der Waals surface area contributed by atoms with Gasteiger partial charge in [-0.1, -0.05) is 48.2 Å². The Morgan fingerprint density at radius 1 is 1.12 bits per heavy atom. The zero-order valence-electron chi connectivity index (χ0n) is 13.8. The molecule has 2 aromatic heterocycles. The van der Waals surface area contributed by atoms with Crippen molar-refractivity contribution >= 4 is 28.4 Å². The van der Waals surface area contributed by atoms with Crippen LogP contribution in [0.4, 0.5) is 4.39 Å². The smallest absolute Gasteiger partial charge is 0.263 e. The minimum absolute atomic E-state index is 0.133. The minimum atomic E-state index is -0.248. The van der Waals surface area contributed by atoms with Gasteiger partial charge in [0.05, 0.1) is 10.9 Å². The largest absolute Gasteiger partial charge is 0.272 e. The molecule has 0 amide bonds. The second-order valence-corrected chi connectivity index (χ2v) is 6.66. The first-order chi connectivity index (χ1) is 12.7. The Kier molecular flexibility index (Phi) is 4.30. The number of para-hydroxylation sites is 1. The number of hydrogen-bond donors (Lipinski definition) is 0. The first-order valence-electron chi connectivity index (χ1n) is 8.04. The Balaban J connectivity index is 1.88. The molecule has 0 bridgehead atoms. The van der Waals surface area contributed by atoms with Crippen LogP contribution >= 0.6 is 11.8 Å². The zero-order valence-corrected chi connectivity index (χ0v) is 14.6. The van der Waals surface area contributed by atoms with Crippen LogP contribution in [0.25, 0.3) is 16.7 Å². The number of hydrogen-bond acceptors (Lipinski definition) is 4. The fourth-order valence-electron chi connectivity index (χ4n) is 2.88. The van der Waals surface area contributed by atoms with Gasteiger partial charge in [0.15, 0.2) is 5.16 Å². The van der Waals surface area contributed by atoms with E-state index in [1.165, 1.54) is 22.4 Å². The molecule has 0 atom stereocenters. The number of thioether (sulfide) groups is 1. The van der Waals surface area contributed by atoms with E-state index in [2.05, 4.69) is 16.8 Å². The Bertz CT molecular complexity index is 1180. The summed E-state index contributed by atoms with van der Waals surface area (Å²) in [5.74, 6) is 0.620. The molecule has 5 nitrogen and oxygen atoms in total. The summed E-state index contributed by atoms with van der Waals surface area (Å²) in [6, 6.07) is 14.0. The molecule has 0 spiro atoms. The summed E-state index contributed by atoms with van der Waals surface area (Å²) >= 11 is 1.38. The van der Waals surface area contributed by atoms with Crippen molar-refractivity contribution in [1.29, 1.82) is 0 Å². The zero-order chi connectivity index (χ0) is 18.1. The van der Waals surface area contributed by atoms with Crippen molar-refractivity contribution < 1.29 is 4.39 Å². The van der Waals surface area contributed by atoms with Crippen LogP contribution in [0, 0.1) is 5.82 Å². The highest BCUT2D eigenvalue weighted by Crippen LogP contribution is 2.25. The number of halogens is 1. The van der Waals surface area contributed by atoms with Crippen molar-refractivity contribution in [1.82, 2.24) is 19.2 Å². The summed E-state index contributed by atoms with van der Waals surface area (Å²) in [7, 11) is 0. The van der Waals surface area contributed by atoms with Crippen LogP contribution in [-0.4, -0.2) is 19.2 Å². The maximum Gasteiger partial charge on any atom is 0.263 e. The number of benzene rings is 2. The Hall–Kier alpha value is -2.93. The van der Waals surface area contributed by atoms with E-state index in [-0.39, 0.29) is 11.4 Å². The van der Waals surface area contributed by atoms with Crippen LogP contribution in [0.1, 0.15) is 5.56 Å². The van der Waals surface area contributed by atoms with Crippen LogP contribution in [0.15, 0.2) is 71.1 Å². The first kappa shape index (κ1) is 16.5. The summed E-state index contributed by atoms with van der Waals surface area (Å²) in [6.45, 7) is 4.05. The van der Waals surface area contributed by atoms with Gasteiger partial charge in [0.1, 0.15) is 5.82 Å². The first-order valence-corrected chi connectivity index (χ1v) is 9.03. The molecule has 0 aliphatic rings. The molecule has 0 unspecified atom stereocenters. The second-order valence-electron chi connectivity index (χ2n) is 5.72. The molecular formula is C19H15FN4OS. The lowest BCUT2D eigenvalue weighted by molar-refractivity contribution is 0.617. The van der Waals surface area contributed by atoms with E-state index in [0.29, 0.717) is 34.2 Å². The monoisotopic (exact) mass is 366 g/mol. The molecule has 26 heavy (non-hydrogen) atoms. The highest BCUT2D eigenvalue weighted by atomic mass is 32.2. The number of nitrogens with zero attached hydrogens (tertiary/aromatic N) is 4. The second kappa shape index (κ2) is 6.76. The van der Waals surface area contributed by atoms with Crippen molar-refractivity contribution in [3.8, 4) is 0 Å². The molecule has 0 fully saturated rings. The highest BCUT2D eigenvalue weighted by molar-refractivity contribution is 7.98. The molecule has 2 heterocycles. The van der Waals surface area contributed by atoms with E-state index < -0.39 is 0 Å². The van der Waals surface area contributed by atoms with Gasteiger partial charge in [-0.05, 0) is 23.8 Å². The predicted molar refractivity (Wildman–Crippen MR) is 101 cm³/mol. The van der Waals surface area contributed by atoms with Crippen LogP contribution in [0.2, 0.25) is 0 Å². The lowest BCUT2D eigenvalue weighted by atomic mass is 10.2. The molecule has 0 aliphatic heterocycles. The fourth-order valence-corrected chi connectivity index (χ4v) is 3.80. The number of aromatic nitrogens is 4. The molecule has 130 valence electrons. The van der Waals surface area contributed by atoms with E-state index in [1.807, 2.05) is 22.6 Å². The van der Waals surface area contributed by atoms with Crippen LogP contribution in [0.5, 0.6) is 0 Å². The van der Waals surface area contributed by atoms with Crippen LogP contribution in [-0.2, 0) is 12.3 Å². The van der Waals surface area contributed by atoms with Gasteiger partial charge in [0.25, 0.3) is 5.56 Å². The summed E-state index contributed by atoms with van der Waals surface area (Å²) in [4.78, 5) is 12.7. The third-order valence-corrected chi connectivity index (χ3v) is 5.08. The van der Waals surface area contributed by atoms with Gasteiger partial charge in [-0.3, -0.25) is 13.8 Å². The lowest BCUT2D eigenvalue weighted by Gasteiger charge is -2.09. The van der Waals surface area contributed by atoms with Crippen LogP contribution in [0.3, 0.4) is 0 Å². The molecule has 0 radical (unpaired) electrons. The Morgan fingerprint density at radius 3 is 2.69 bits per heavy atom. The van der Waals surface area contributed by atoms with Crippen molar-refractivity contribution in [2.24, 2.45) is 0 Å². The molecule has 7 heteroatoms. The maximum absolute atomic E-state index is 13.9. The predicted octanol–water partition coefficient (Wildman–Crippen LogP) is 3.66. The molecule has 4 rings (SSSR count). The molecule has 0 saturated heterocycles. The Morgan fingerprint density at radius 2 is 1.88 bits per heavy atom. The van der Waals surface area contributed by atoms with Gasteiger partial charge >= 0.3 is 0 Å². The van der Waals surface area contributed by atoms with Crippen molar-refractivity contribution in [2.45, 2.75) is 17.5 Å². The van der Waals surface area contributed by atoms with Gasteiger partial charge in [0.2, 0.25) is 5.78 Å². The summed E-state index contributed by atoms with van der Waals surface area (Å²) in [5.41, 5.74) is 1.19. The standard InChI is InChI=1S/C19H15FN4OS/c1-2-11-23-17(25)14-8-4-6-10-16(14)24-18(23)21-22-19(24)26-12-13-7-3-5-9-15(13)20/h2-10H,1,11-12H2. The molecule has 4 aromatic rings. The summed E-state index contributed by atoms with van der Waals surface area (Å²) in [6.07, 6.45) is 1.65. The minimum Gasteiger partial charge on any atom is -0.272 e. The molecular weight excluding hydrogens is 351 g/mol. The molecule has 0 N–H and O–H groups in total. The molecule has 2 aromatic carbocycles. The van der Waals surface area contributed by atoms with Crippen molar-refractivity contribution in [3.05, 3.63) is 82.9 Å². The van der Waals surface area contributed by atoms with E-state index in [1.54, 1.807) is 30.3 Å². The normalized spacial score (nSPS) is 11.3. The van der Waals surface area contributed by atoms with E-state index in [0.717, 1.165) is 5.52 Å². The van der Waals surface area contributed by atoms with Crippen molar-refractivity contribution in [3.63, 3.8) is 0 Å². The average Bonchev–Trinajstić information content (AvgIpc) is 3.08. The van der Waals surface area contributed by atoms with Crippen LogP contribution < -0.4 is 5.56 Å². The molecule has 0 saturated carbocycles. The van der Waals surface area contributed by atoms with Gasteiger partial charge in [-0.15, -0.1) is 16.8 Å². The highest BCUT2D eigenvalue weighted by Gasteiger charge is 2.16. The maximum atomic E-state index is 13.9. The topological polar surface area (TPSA) is 52.2 Å². The SMILES string of the molecule is C=CCn1c(=O)c2ccccc2n2c(SCc3ccccc3F)nnc12. The quantitative estimate of drug-likeness (QED) is 0.400.